The zero-order valence-corrected chi connectivity index (χ0v) is 16.1. The maximum atomic E-state index is 6.23. The first-order valence-corrected chi connectivity index (χ1v) is 8.30. The molecule has 2 aromatic rings. The predicted octanol–water partition coefficient (Wildman–Crippen LogP) is -0.670. The fourth-order valence-corrected chi connectivity index (χ4v) is 3.36. The van der Waals surface area contributed by atoms with Crippen LogP contribution in [0.4, 0.5) is 5.69 Å². The van der Waals surface area contributed by atoms with Crippen LogP contribution in [0.25, 0.3) is 0 Å². The third kappa shape index (κ3) is 3.59. The Bertz CT molecular complexity index is 732. The molecule has 0 saturated carbocycles. The van der Waals surface area contributed by atoms with E-state index in [1.54, 1.807) is 0 Å². The summed E-state index contributed by atoms with van der Waals surface area (Å²) in [6.07, 6.45) is 0. The minimum atomic E-state index is 0. The van der Waals surface area contributed by atoms with Crippen LogP contribution in [-0.4, -0.2) is 37.2 Å². The van der Waals surface area contributed by atoms with Crippen molar-refractivity contribution in [1.29, 1.82) is 0 Å². The average Bonchev–Trinajstić information content (AvgIpc) is 2.62. The van der Waals surface area contributed by atoms with E-state index in [-0.39, 0.29) is 30.0 Å². The van der Waals surface area contributed by atoms with E-state index in [0.717, 1.165) is 43.0 Å². The molecule has 2 aromatic carbocycles. The molecular weight excluding hydrogens is 437 g/mol. The highest BCUT2D eigenvalue weighted by Gasteiger charge is 2.31. The summed E-state index contributed by atoms with van der Waals surface area (Å²) in [4.78, 5) is 7.16. The second-order valence-corrected chi connectivity index (χ2v) is 6.26. The lowest BCUT2D eigenvalue weighted by atomic mass is 9.96. The highest BCUT2D eigenvalue weighted by Crippen LogP contribution is 2.32. The number of nitrogens with zero attached hydrogens (tertiary/aromatic N) is 2. The Kier molecular flexibility index (Phi) is 5.76. The number of guanidine groups is 1. The number of hydrogen-bond acceptors (Lipinski definition) is 3. The van der Waals surface area contributed by atoms with Crippen molar-refractivity contribution < 1.29 is 34.0 Å². The number of hydrogen-bond donors (Lipinski definition) is 1. The second-order valence-electron chi connectivity index (χ2n) is 5.83. The number of quaternary nitrogens is 1. The summed E-state index contributed by atoms with van der Waals surface area (Å²) >= 11 is 6.23. The van der Waals surface area contributed by atoms with Crippen LogP contribution in [0.2, 0.25) is 5.02 Å². The van der Waals surface area contributed by atoms with Crippen LogP contribution in [0, 0.1) is 0 Å². The molecule has 2 aliphatic heterocycles. The first kappa shape index (κ1) is 17.7. The number of ether oxygens (including phenoxy) is 1. The van der Waals surface area contributed by atoms with Gasteiger partial charge in [-0.3, -0.25) is 5.32 Å². The molecule has 24 heavy (non-hydrogen) atoms. The minimum Gasteiger partial charge on any atom is -1.00 e. The summed E-state index contributed by atoms with van der Waals surface area (Å²) in [5, 5.41) is 3.00. The van der Waals surface area contributed by atoms with E-state index in [0.29, 0.717) is 0 Å². The van der Waals surface area contributed by atoms with E-state index < -0.39 is 0 Å². The van der Waals surface area contributed by atoms with Crippen molar-refractivity contribution >= 4 is 23.2 Å². The first-order chi connectivity index (χ1) is 11.3. The maximum Gasteiger partial charge on any atom is 0.303 e. The van der Waals surface area contributed by atoms with Crippen molar-refractivity contribution in [2.75, 3.05) is 26.3 Å². The Morgan fingerprint density at radius 3 is 2.58 bits per heavy atom. The molecule has 1 unspecified atom stereocenters. The molecule has 4 rings (SSSR count). The number of rotatable bonds is 1. The van der Waals surface area contributed by atoms with Crippen LogP contribution in [0.15, 0.2) is 53.5 Å². The van der Waals surface area contributed by atoms with Crippen molar-refractivity contribution in [3.8, 4) is 0 Å². The van der Waals surface area contributed by atoms with Crippen molar-refractivity contribution in [3.05, 3.63) is 64.7 Å². The Labute approximate surface area is 163 Å². The Morgan fingerprint density at radius 2 is 1.83 bits per heavy atom. The van der Waals surface area contributed by atoms with Crippen LogP contribution in [0.1, 0.15) is 17.2 Å². The molecule has 126 valence electrons. The monoisotopic (exact) mass is 455 g/mol. The van der Waals surface area contributed by atoms with Gasteiger partial charge in [0, 0.05) is 29.2 Å². The van der Waals surface area contributed by atoms with Crippen LogP contribution in [0.3, 0.4) is 0 Å². The average molecular weight is 456 g/mol. The van der Waals surface area contributed by atoms with Gasteiger partial charge < -0.3 is 33.6 Å². The van der Waals surface area contributed by atoms with E-state index in [2.05, 4.69) is 34.5 Å². The van der Waals surface area contributed by atoms with Crippen LogP contribution in [0.5, 0.6) is 0 Å². The van der Waals surface area contributed by atoms with E-state index in [1.807, 2.05) is 24.3 Å². The number of halogens is 2. The van der Waals surface area contributed by atoms with E-state index in [4.69, 9.17) is 21.3 Å². The normalized spacial score (nSPS) is 20.0. The lowest BCUT2D eigenvalue weighted by molar-refractivity contribution is -0.587. The molecule has 2 aliphatic rings. The SMILES string of the molecule is Clc1ccc2c(c1)C(c1ccccc1)[NH2+]C(N1CCOCC1)=N2.[I-]. The van der Waals surface area contributed by atoms with Crippen LogP contribution in [-0.2, 0) is 4.74 Å². The molecule has 0 aromatic heterocycles. The maximum absolute atomic E-state index is 6.23. The summed E-state index contributed by atoms with van der Waals surface area (Å²) in [6, 6.07) is 16.7. The second kappa shape index (κ2) is 7.82. The molecule has 4 nitrogen and oxygen atoms in total. The molecule has 0 spiro atoms. The Hall–Kier alpha value is -1.15. The van der Waals surface area contributed by atoms with Gasteiger partial charge in [0.1, 0.15) is 6.04 Å². The standard InChI is InChI=1S/C18H18ClN3O.HI/c19-14-6-7-16-15(12-14)17(13-4-2-1-3-5-13)21-18(20-16)22-8-10-23-11-9-22;/h1-7,12,17H,8-11H2,(H,20,21);1H. The largest absolute Gasteiger partial charge is 1.00 e. The Balaban J connectivity index is 0.00000169. The van der Waals surface area contributed by atoms with Crippen molar-refractivity contribution in [1.82, 2.24) is 4.90 Å². The topological polar surface area (TPSA) is 41.4 Å². The smallest absolute Gasteiger partial charge is 0.303 e. The van der Waals surface area contributed by atoms with Gasteiger partial charge in [0.15, 0.2) is 0 Å². The van der Waals surface area contributed by atoms with Gasteiger partial charge >= 0.3 is 5.96 Å². The zero-order valence-electron chi connectivity index (χ0n) is 13.2. The molecule has 0 radical (unpaired) electrons. The number of benzene rings is 2. The van der Waals surface area contributed by atoms with E-state index >= 15 is 0 Å². The van der Waals surface area contributed by atoms with Gasteiger partial charge in [-0.25, -0.2) is 0 Å². The molecule has 0 amide bonds. The number of fused-ring (bicyclic) bond motifs is 1. The summed E-state index contributed by atoms with van der Waals surface area (Å²) < 4.78 is 5.46. The first-order valence-electron chi connectivity index (χ1n) is 7.92. The molecular formula is C18H19ClIN3O. The number of morpholine rings is 1. The summed E-state index contributed by atoms with van der Waals surface area (Å²) in [7, 11) is 0. The molecule has 0 bridgehead atoms. The lowest BCUT2D eigenvalue weighted by Gasteiger charge is -2.31. The lowest BCUT2D eigenvalue weighted by Crippen LogP contribution is -3.00. The number of nitrogens with two attached hydrogens (primary N) is 1. The molecule has 2 N–H and O–H groups in total. The van der Waals surface area contributed by atoms with Crippen LogP contribution < -0.4 is 29.3 Å². The van der Waals surface area contributed by atoms with Gasteiger partial charge in [-0.2, -0.15) is 4.99 Å². The van der Waals surface area contributed by atoms with E-state index in [1.165, 1.54) is 11.1 Å². The molecule has 1 atom stereocenters. The highest BCUT2D eigenvalue weighted by molar-refractivity contribution is 6.30. The molecule has 2 heterocycles. The van der Waals surface area contributed by atoms with Gasteiger partial charge in [0.2, 0.25) is 0 Å². The summed E-state index contributed by atoms with van der Waals surface area (Å²) in [6.45, 7) is 3.30. The van der Waals surface area contributed by atoms with Gasteiger partial charge in [0.25, 0.3) is 0 Å². The summed E-state index contributed by atoms with van der Waals surface area (Å²) in [5.74, 6) is 1.04. The fraction of sp³-hybridized carbons (Fsp3) is 0.278. The molecule has 6 heteroatoms. The highest BCUT2D eigenvalue weighted by atomic mass is 127. The van der Waals surface area contributed by atoms with Crippen molar-refractivity contribution in [2.24, 2.45) is 4.99 Å². The fourth-order valence-electron chi connectivity index (χ4n) is 3.18. The molecule has 1 saturated heterocycles. The van der Waals surface area contributed by atoms with Crippen LogP contribution >= 0.6 is 11.6 Å². The number of aliphatic imine (C=N–C) groups is 1. The van der Waals surface area contributed by atoms with Gasteiger partial charge in [-0.05, 0) is 18.2 Å². The van der Waals surface area contributed by atoms with Gasteiger partial charge in [0.05, 0.1) is 18.9 Å². The Morgan fingerprint density at radius 1 is 1.08 bits per heavy atom. The van der Waals surface area contributed by atoms with E-state index in [9.17, 15) is 0 Å². The zero-order chi connectivity index (χ0) is 15.6. The molecule has 1 fully saturated rings. The third-order valence-electron chi connectivity index (χ3n) is 4.37. The molecule has 0 aliphatic carbocycles. The quantitative estimate of drug-likeness (QED) is 0.580. The summed E-state index contributed by atoms with van der Waals surface area (Å²) in [5.41, 5.74) is 3.43. The third-order valence-corrected chi connectivity index (χ3v) is 4.60. The van der Waals surface area contributed by atoms with Crippen molar-refractivity contribution in [3.63, 3.8) is 0 Å². The van der Waals surface area contributed by atoms with Gasteiger partial charge in [-0.1, -0.05) is 41.9 Å². The van der Waals surface area contributed by atoms with Crippen molar-refractivity contribution in [2.45, 2.75) is 6.04 Å². The minimum absolute atomic E-state index is 0. The predicted molar refractivity (Wildman–Crippen MR) is 91.1 cm³/mol. The van der Waals surface area contributed by atoms with Gasteiger partial charge in [-0.15, -0.1) is 0 Å².